The first-order valence-corrected chi connectivity index (χ1v) is 23.3. The topological polar surface area (TPSA) is 385 Å². The van der Waals surface area contributed by atoms with Crippen molar-refractivity contribution in [1.82, 2.24) is 37.2 Å². The number of phenolic OH excluding ortho intramolecular Hbond substituents is 2. The van der Waals surface area contributed by atoms with Crippen molar-refractivity contribution in [3.05, 3.63) is 23.8 Å². The molecule has 1 spiro atoms. The Balaban J connectivity index is 2.09. The van der Waals surface area contributed by atoms with Crippen LogP contribution in [0.2, 0.25) is 0 Å². The van der Waals surface area contributed by atoms with Crippen molar-refractivity contribution in [2.24, 2.45) is 17.4 Å². The molecule has 0 bridgehead atoms. The second kappa shape index (κ2) is 26.0. The molecular formula is C42H63N9O14S. The molecule has 1 aromatic rings. The first-order chi connectivity index (χ1) is 31.1. The fourth-order valence-corrected chi connectivity index (χ4v) is 8.66. The number of nitrogens with one attached hydrogen (secondary N) is 7. The number of carboxylic acid groups (broad SMARTS) is 1. The molecule has 23 nitrogen and oxygen atoms in total. The number of phenols is 2. The second-order valence-corrected chi connectivity index (χ2v) is 18.5. The number of hydrogen-bond acceptors (Lipinski definition) is 13. The summed E-state index contributed by atoms with van der Waals surface area (Å²) in [7, 11) is -2.14. The van der Waals surface area contributed by atoms with Crippen LogP contribution in [-0.2, 0) is 65.2 Å². The summed E-state index contributed by atoms with van der Waals surface area (Å²) in [6.07, 6.45) is 0.256. The lowest BCUT2D eigenvalue weighted by Gasteiger charge is -2.38. The van der Waals surface area contributed by atoms with Gasteiger partial charge in [0.2, 0.25) is 53.2 Å². The third-order valence-electron chi connectivity index (χ3n) is 11.0. The summed E-state index contributed by atoms with van der Waals surface area (Å²) >= 11 is 0. The van der Waals surface area contributed by atoms with Gasteiger partial charge in [-0.2, -0.15) is 0 Å². The molecule has 9 amide bonds. The van der Waals surface area contributed by atoms with Gasteiger partial charge >= 0.3 is 5.97 Å². The zero-order chi connectivity index (χ0) is 49.1. The molecule has 2 fully saturated rings. The number of nitrogens with two attached hydrogens (primary N) is 2. The highest BCUT2D eigenvalue weighted by Gasteiger charge is 2.44. The Hall–Kier alpha value is -6.33. The first-order valence-electron chi connectivity index (χ1n) is 21.8. The fraction of sp³-hybridized carbons (Fsp3) is 0.619. The summed E-state index contributed by atoms with van der Waals surface area (Å²) < 4.78 is 13.1. The minimum Gasteiger partial charge on any atom is -0.504 e. The summed E-state index contributed by atoms with van der Waals surface area (Å²) in [6, 6.07) is -3.61. The number of carbonyl (C=O) groups excluding carboxylic acids is 9. The van der Waals surface area contributed by atoms with Crippen molar-refractivity contribution in [2.45, 2.75) is 139 Å². The van der Waals surface area contributed by atoms with Gasteiger partial charge in [-0.25, -0.2) is 0 Å². The predicted molar refractivity (Wildman–Crippen MR) is 236 cm³/mol. The van der Waals surface area contributed by atoms with Crippen LogP contribution in [0.25, 0.3) is 0 Å². The molecule has 366 valence electrons. The van der Waals surface area contributed by atoms with Gasteiger partial charge in [-0.1, -0.05) is 39.2 Å². The van der Waals surface area contributed by atoms with E-state index in [1.54, 1.807) is 13.8 Å². The molecule has 2 aliphatic rings. The largest absolute Gasteiger partial charge is 0.504 e. The van der Waals surface area contributed by atoms with Crippen LogP contribution in [0, 0.1) is 5.92 Å². The van der Waals surface area contributed by atoms with E-state index in [-0.39, 0.29) is 75.8 Å². The van der Waals surface area contributed by atoms with E-state index in [0.29, 0.717) is 19.3 Å². The Morgan fingerprint density at radius 2 is 1.44 bits per heavy atom. The third kappa shape index (κ3) is 17.9. The van der Waals surface area contributed by atoms with Crippen LogP contribution in [0.1, 0.15) is 103 Å². The molecule has 1 aromatic carbocycles. The third-order valence-corrected chi connectivity index (χ3v) is 12.3. The van der Waals surface area contributed by atoms with E-state index in [2.05, 4.69) is 37.2 Å². The lowest BCUT2D eigenvalue weighted by Crippen LogP contribution is -2.66. The normalized spacial score (nSPS) is 24.9. The van der Waals surface area contributed by atoms with Gasteiger partial charge in [0.1, 0.15) is 41.5 Å². The number of carbonyl (C=O) groups is 10. The number of aromatic hydroxyl groups is 2. The zero-order valence-corrected chi connectivity index (χ0v) is 37.9. The molecule has 14 N–H and O–H groups in total. The van der Waals surface area contributed by atoms with Crippen molar-refractivity contribution >= 4 is 69.9 Å². The van der Waals surface area contributed by atoms with E-state index in [0.717, 1.165) is 12.1 Å². The fourth-order valence-electron chi connectivity index (χ4n) is 7.54. The van der Waals surface area contributed by atoms with Gasteiger partial charge < -0.3 is 64.0 Å². The molecule has 1 aliphatic carbocycles. The van der Waals surface area contributed by atoms with Crippen molar-refractivity contribution in [1.29, 1.82) is 0 Å². The maximum atomic E-state index is 14.5. The Labute approximate surface area is 383 Å². The highest BCUT2D eigenvalue weighted by molar-refractivity contribution is 7.85. The summed E-state index contributed by atoms with van der Waals surface area (Å²) in [5.74, 6) is -11.7. The standard InChI is InChI=1S/C42H63N9O14S/c1-23(2)17-26-39(62)49-27(18-24-12-13-30(52)31(53)19-24)40(63)51-42(14-5-3-6-15-42)41(64)50-28(20-32(43)54)37(60)45-16-7-4-10-33(55)47-29(36(44)59)21-66(65)22-34(56)46-25(38(61)48-26)9-8-11-35(57)58/h12-13,19,23,25-29,52-53H,3-11,14-18,20-22H2,1-2H3,(H2,43,54)(H2,44,59)(H,45,60)(H,46,56)(H,47,55)(H,48,61)(H,49,62)(H,50,64)(H,51,63)(H,57,58)/t25-,26-,27-,28-,29+,66-/m0/s1. The van der Waals surface area contributed by atoms with Crippen LogP contribution in [0.5, 0.6) is 11.5 Å². The molecule has 0 unspecified atom stereocenters. The predicted octanol–water partition coefficient (Wildman–Crippen LogP) is -2.41. The minimum absolute atomic E-state index is 0.0262. The monoisotopic (exact) mass is 949 g/mol. The van der Waals surface area contributed by atoms with Crippen molar-refractivity contribution in [3.63, 3.8) is 0 Å². The summed E-state index contributed by atoms with van der Waals surface area (Å²) in [5, 5.41) is 47.4. The maximum Gasteiger partial charge on any atom is 0.303 e. The Morgan fingerprint density at radius 3 is 2.06 bits per heavy atom. The number of hydrogen-bond donors (Lipinski definition) is 12. The Kier molecular flexibility index (Phi) is 21.3. The SMILES string of the molecule is CC(C)C[C@@H]1NC(=O)[C@H](CCCC(=O)O)NC(=O)C[S@@](=O)C[C@H](C(N)=O)NC(=O)CCCCNC(=O)[C@H](CC(N)=O)NC(=O)C2(CCCCC2)NC(=O)[C@H](Cc2ccc(O)c(O)c2)NC1=O. The van der Waals surface area contributed by atoms with Crippen molar-refractivity contribution in [3.8, 4) is 11.5 Å². The van der Waals surface area contributed by atoms with E-state index in [1.165, 1.54) is 6.07 Å². The van der Waals surface area contributed by atoms with Crippen LogP contribution >= 0.6 is 0 Å². The van der Waals surface area contributed by atoms with E-state index >= 15 is 0 Å². The highest BCUT2D eigenvalue weighted by Crippen LogP contribution is 2.30. The smallest absolute Gasteiger partial charge is 0.303 e. The van der Waals surface area contributed by atoms with Crippen LogP contribution in [0.3, 0.4) is 0 Å². The van der Waals surface area contributed by atoms with Crippen molar-refractivity contribution < 1.29 is 67.5 Å². The van der Waals surface area contributed by atoms with E-state index in [4.69, 9.17) is 11.5 Å². The molecule has 3 rings (SSSR count). The number of primary amides is 2. The van der Waals surface area contributed by atoms with Gasteiger partial charge in [-0.3, -0.25) is 52.2 Å². The average molecular weight is 950 g/mol. The van der Waals surface area contributed by atoms with E-state index in [9.17, 15) is 67.5 Å². The molecule has 0 aromatic heterocycles. The van der Waals surface area contributed by atoms with Gasteiger partial charge in [0.05, 0.1) is 12.2 Å². The molecule has 1 saturated carbocycles. The maximum absolute atomic E-state index is 14.5. The molecule has 66 heavy (non-hydrogen) atoms. The number of rotatable bonds is 11. The lowest BCUT2D eigenvalue weighted by atomic mass is 9.80. The summed E-state index contributed by atoms with van der Waals surface area (Å²) in [4.78, 5) is 132. The Bertz CT molecular complexity index is 1990. The van der Waals surface area contributed by atoms with E-state index < -0.39 is 142 Å². The Morgan fingerprint density at radius 1 is 0.773 bits per heavy atom. The number of aliphatic carboxylic acids is 1. The quantitative estimate of drug-likeness (QED) is 0.103. The van der Waals surface area contributed by atoms with E-state index in [1.807, 2.05) is 0 Å². The average Bonchev–Trinajstić information content (AvgIpc) is 3.22. The molecule has 0 radical (unpaired) electrons. The molecule has 24 heteroatoms. The van der Waals surface area contributed by atoms with Gasteiger partial charge in [0.15, 0.2) is 11.5 Å². The van der Waals surface area contributed by atoms with Crippen LogP contribution in [0.4, 0.5) is 0 Å². The molecular weight excluding hydrogens is 887 g/mol. The highest BCUT2D eigenvalue weighted by atomic mass is 32.2. The second-order valence-electron chi connectivity index (χ2n) is 17.0. The molecule has 1 saturated heterocycles. The minimum atomic E-state index is -2.14. The summed E-state index contributed by atoms with van der Waals surface area (Å²) in [5.41, 5.74) is 9.49. The van der Waals surface area contributed by atoms with Crippen molar-refractivity contribution in [2.75, 3.05) is 18.1 Å². The van der Waals surface area contributed by atoms with Gasteiger partial charge in [-0.05, 0) is 68.6 Å². The van der Waals surface area contributed by atoms with Gasteiger partial charge in [-0.15, -0.1) is 0 Å². The molecule has 6 atom stereocenters. The van der Waals surface area contributed by atoms with Crippen LogP contribution in [0.15, 0.2) is 18.2 Å². The summed E-state index contributed by atoms with van der Waals surface area (Å²) in [6.45, 7) is 3.44. The van der Waals surface area contributed by atoms with Gasteiger partial charge in [0, 0.05) is 36.6 Å². The van der Waals surface area contributed by atoms with Crippen LogP contribution < -0.4 is 48.7 Å². The lowest BCUT2D eigenvalue weighted by molar-refractivity contribution is -0.139. The first kappa shape index (κ1) is 54.0. The molecule has 1 heterocycles. The number of benzene rings is 1. The number of carboxylic acids is 1. The zero-order valence-electron chi connectivity index (χ0n) is 37.1. The number of amides is 9. The molecule has 1 aliphatic heterocycles. The van der Waals surface area contributed by atoms with Crippen LogP contribution in [-0.4, -0.2) is 132 Å². The van der Waals surface area contributed by atoms with Gasteiger partial charge in [0.25, 0.3) is 0 Å².